The first-order valence-electron chi connectivity index (χ1n) is 6.35. The van der Waals surface area contributed by atoms with Gasteiger partial charge >= 0.3 is 12.0 Å². The highest BCUT2D eigenvalue weighted by atomic mass is 32.2. The Bertz CT molecular complexity index is 291. The van der Waals surface area contributed by atoms with E-state index >= 15 is 0 Å². The van der Waals surface area contributed by atoms with E-state index in [1.165, 1.54) is 0 Å². The van der Waals surface area contributed by atoms with E-state index in [1.807, 2.05) is 6.26 Å². The van der Waals surface area contributed by atoms with E-state index < -0.39 is 11.4 Å². The highest BCUT2D eigenvalue weighted by Crippen LogP contribution is 2.35. The summed E-state index contributed by atoms with van der Waals surface area (Å²) in [6, 6.07) is -0.268. The van der Waals surface area contributed by atoms with Crippen LogP contribution in [0.3, 0.4) is 0 Å². The zero-order valence-electron chi connectivity index (χ0n) is 10.8. The largest absolute Gasteiger partial charge is 0.481 e. The van der Waals surface area contributed by atoms with E-state index in [0.717, 1.165) is 25.0 Å². The number of carbonyl (C=O) groups is 2. The highest BCUT2D eigenvalue weighted by molar-refractivity contribution is 7.98. The van der Waals surface area contributed by atoms with E-state index in [0.29, 0.717) is 19.4 Å². The number of amides is 2. The summed E-state index contributed by atoms with van der Waals surface area (Å²) < 4.78 is 0. The van der Waals surface area contributed by atoms with Crippen LogP contribution in [0.2, 0.25) is 0 Å². The second-order valence-corrected chi connectivity index (χ2v) is 5.73. The summed E-state index contributed by atoms with van der Waals surface area (Å²) in [5.74, 6) is 0.0731. The van der Waals surface area contributed by atoms with Crippen LogP contribution in [0.5, 0.6) is 0 Å². The van der Waals surface area contributed by atoms with Crippen molar-refractivity contribution in [2.45, 2.75) is 32.1 Å². The van der Waals surface area contributed by atoms with Crippen molar-refractivity contribution >= 4 is 23.8 Å². The summed E-state index contributed by atoms with van der Waals surface area (Å²) in [4.78, 5) is 22.9. The molecule has 3 N–H and O–H groups in total. The van der Waals surface area contributed by atoms with Crippen LogP contribution in [0.4, 0.5) is 4.79 Å². The zero-order valence-corrected chi connectivity index (χ0v) is 11.6. The van der Waals surface area contributed by atoms with Gasteiger partial charge in [0.1, 0.15) is 0 Å². The van der Waals surface area contributed by atoms with Gasteiger partial charge in [-0.25, -0.2) is 4.79 Å². The standard InChI is InChI=1S/C12H22N2O3S/c1-18-8-7-13-11(17)14-9-12(10(15)16)5-3-2-4-6-12/h2-9H2,1H3,(H,15,16)(H2,13,14,17). The van der Waals surface area contributed by atoms with Crippen molar-refractivity contribution in [3.63, 3.8) is 0 Å². The Kier molecular flexibility index (Phi) is 6.32. The second-order valence-electron chi connectivity index (χ2n) is 4.75. The molecule has 0 spiro atoms. The molecule has 1 aliphatic carbocycles. The van der Waals surface area contributed by atoms with Gasteiger partial charge in [0, 0.05) is 18.8 Å². The van der Waals surface area contributed by atoms with Crippen LogP contribution in [-0.2, 0) is 4.79 Å². The fourth-order valence-corrected chi connectivity index (χ4v) is 2.58. The number of nitrogens with one attached hydrogen (secondary N) is 2. The van der Waals surface area contributed by atoms with Crippen LogP contribution in [0.15, 0.2) is 0 Å². The van der Waals surface area contributed by atoms with Crippen LogP contribution in [0, 0.1) is 5.41 Å². The number of carboxylic acid groups (broad SMARTS) is 1. The van der Waals surface area contributed by atoms with Gasteiger partial charge in [-0.15, -0.1) is 0 Å². The zero-order chi connectivity index (χ0) is 13.4. The predicted octanol–water partition coefficient (Wildman–Crippen LogP) is 1.68. The summed E-state index contributed by atoms with van der Waals surface area (Å²) in [6.07, 6.45) is 6.25. The lowest BCUT2D eigenvalue weighted by molar-refractivity contribution is -0.150. The molecule has 0 atom stereocenters. The van der Waals surface area contributed by atoms with Crippen molar-refractivity contribution < 1.29 is 14.7 Å². The minimum Gasteiger partial charge on any atom is -0.481 e. The Hall–Kier alpha value is -0.910. The van der Waals surface area contributed by atoms with Crippen LogP contribution in [0.25, 0.3) is 0 Å². The molecule has 0 aromatic heterocycles. The molecule has 1 rings (SSSR count). The third-order valence-electron chi connectivity index (χ3n) is 3.44. The maximum atomic E-state index is 11.5. The minimum atomic E-state index is -0.786. The molecular weight excluding hydrogens is 252 g/mol. The van der Waals surface area contributed by atoms with Crippen molar-refractivity contribution in [2.75, 3.05) is 25.1 Å². The summed E-state index contributed by atoms with van der Waals surface area (Å²) in [6.45, 7) is 0.834. The molecule has 0 unspecified atom stereocenters. The predicted molar refractivity (Wildman–Crippen MR) is 72.9 cm³/mol. The van der Waals surface area contributed by atoms with Gasteiger partial charge in [-0.1, -0.05) is 19.3 Å². The van der Waals surface area contributed by atoms with Crippen molar-refractivity contribution in [1.29, 1.82) is 0 Å². The van der Waals surface area contributed by atoms with Gasteiger partial charge in [0.05, 0.1) is 5.41 Å². The molecule has 0 saturated heterocycles. The van der Waals surface area contributed by atoms with E-state index in [-0.39, 0.29) is 12.6 Å². The lowest BCUT2D eigenvalue weighted by atomic mass is 9.74. The van der Waals surface area contributed by atoms with Crippen LogP contribution >= 0.6 is 11.8 Å². The Morgan fingerprint density at radius 1 is 1.22 bits per heavy atom. The third-order valence-corrected chi connectivity index (χ3v) is 4.06. The van der Waals surface area contributed by atoms with Crippen LogP contribution in [0.1, 0.15) is 32.1 Å². The minimum absolute atomic E-state index is 0.230. The van der Waals surface area contributed by atoms with E-state index in [1.54, 1.807) is 11.8 Å². The maximum absolute atomic E-state index is 11.5. The summed E-state index contributed by atoms with van der Waals surface area (Å²) in [7, 11) is 0. The van der Waals surface area contributed by atoms with Gasteiger partial charge in [-0.3, -0.25) is 4.79 Å². The third kappa shape index (κ3) is 4.40. The van der Waals surface area contributed by atoms with Gasteiger partial charge in [0.15, 0.2) is 0 Å². The number of carbonyl (C=O) groups excluding carboxylic acids is 1. The molecule has 0 heterocycles. The molecule has 6 heteroatoms. The molecule has 1 fully saturated rings. The average molecular weight is 274 g/mol. The molecule has 0 aliphatic heterocycles. The Balaban J connectivity index is 2.38. The molecule has 2 amide bonds. The fraction of sp³-hybridized carbons (Fsp3) is 0.833. The van der Waals surface area contributed by atoms with Crippen molar-refractivity contribution in [2.24, 2.45) is 5.41 Å². The topological polar surface area (TPSA) is 78.4 Å². The quantitative estimate of drug-likeness (QED) is 0.644. The number of urea groups is 1. The van der Waals surface area contributed by atoms with Gasteiger partial charge in [0.2, 0.25) is 0 Å². The molecule has 0 radical (unpaired) electrons. The van der Waals surface area contributed by atoms with Crippen molar-refractivity contribution in [3.05, 3.63) is 0 Å². The molecule has 5 nitrogen and oxygen atoms in total. The number of hydrogen-bond donors (Lipinski definition) is 3. The van der Waals surface area contributed by atoms with Crippen molar-refractivity contribution in [3.8, 4) is 0 Å². The molecule has 104 valence electrons. The lowest BCUT2D eigenvalue weighted by Gasteiger charge is -2.33. The number of hydrogen-bond acceptors (Lipinski definition) is 3. The summed E-state index contributed by atoms with van der Waals surface area (Å²) >= 11 is 1.66. The summed E-state index contributed by atoms with van der Waals surface area (Å²) in [5.41, 5.74) is -0.755. The number of aliphatic carboxylic acids is 1. The molecule has 0 aromatic rings. The number of thioether (sulfide) groups is 1. The van der Waals surface area contributed by atoms with Gasteiger partial charge in [-0.2, -0.15) is 11.8 Å². The molecule has 0 aromatic carbocycles. The van der Waals surface area contributed by atoms with Gasteiger partial charge in [0.25, 0.3) is 0 Å². The molecular formula is C12H22N2O3S. The number of rotatable bonds is 6. The lowest BCUT2D eigenvalue weighted by Crippen LogP contribution is -2.47. The number of carboxylic acids is 1. The SMILES string of the molecule is CSCCNC(=O)NCC1(C(=O)O)CCCCC1. The Morgan fingerprint density at radius 2 is 1.89 bits per heavy atom. The maximum Gasteiger partial charge on any atom is 0.314 e. The molecule has 1 aliphatic rings. The normalized spacial score (nSPS) is 18.1. The Labute approximate surface area is 112 Å². The fourth-order valence-electron chi connectivity index (χ4n) is 2.27. The van der Waals surface area contributed by atoms with E-state index in [9.17, 15) is 14.7 Å². The monoisotopic (exact) mass is 274 g/mol. The molecule has 1 saturated carbocycles. The molecule has 18 heavy (non-hydrogen) atoms. The second kappa shape index (κ2) is 7.51. The first kappa shape index (κ1) is 15.1. The Morgan fingerprint density at radius 3 is 2.44 bits per heavy atom. The van der Waals surface area contributed by atoms with Crippen LogP contribution in [-0.4, -0.2) is 42.2 Å². The first-order valence-corrected chi connectivity index (χ1v) is 7.74. The smallest absolute Gasteiger partial charge is 0.314 e. The molecule has 0 bridgehead atoms. The summed E-state index contributed by atoms with van der Waals surface area (Å²) in [5, 5.41) is 14.7. The highest BCUT2D eigenvalue weighted by Gasteiger charge is 2.39. The first-order chi connectivity index (χ1) is 8.60. The van der Waals surface area contributed by atoms with Gasteiger partial charge in [-0.05, 0) is 19.1 Å². The van der Waals surface area contributed by atoms with E-state index in [4.69, 9.17) is 0 Å². The van der Waals surface area contributed by atoms with E-state index in [2.05, 4.69) is 10.6 Å². The van der Waals surface area contributed by atoms with Crippen molar-refractivity contribution in [1.82, 2.24) is 10.6 Å². The van der Waals surface area contributed by atoms with Gasteiger partial charge < -0.3 is 15.7 Å². The van der Waals surface area contributed by atoms with Crippen LogP contribution < -0.4 is 10.6 Å². The average Bonchev–Trinajstić information content (AvgIpc) is 2.37.